The van der Waals surface area contributed by atoms with E-state index in [4.69, 9.17) is 9.52 Å². The van der Waals surface area contributed by atoms with Crippen molar-refractivity contribution in [3.8, 4) is 0 Å². The lowest BCUT2D eigenvalue weighted by molar-refractivity contribution is -0.142. The highest BCUT2D eigenvalue weighted by molar-refractivity contribution is 5.90. The molecule has 1 amide bonds. The van der Waals surface area contributed by atoms with Gasteiger partial charge in [0.25, 0.3) is 0 Å². The standard InChI is InChI=1S/C13H20N4O4/c1-7(2)11-15-16-13(21-11)14-10(18)6-17-5-4-9(8(17)3)12(19)20/h7-9H,4-6H2,1-3H3,(H,19,20)(H,14,16,18). The van der Waals surface area contributed by atoms with Crippen LogP contribution in [0, 0.1) is 5.92 Å². The first-order chi connectivity index (χ1) is 9.88. The molecule has 0 aromatic carbocycles. The molecule has 0 spiro atoms. The number of anilines is 1. The van der Waals surface area contributed by atoms with Crippen LogP contribution in [0.2, 0.25) is 0 Å². The molecule has 8 heteroatoms. The van der Waals surface area contributed by atoms with E-state index in [9.17, 15) is 9.59 Å². The van der Waals surface area contributed by atoms with E-state index in [0.717, 1.165) is 0 Å². The van der Waals surface area contributed by atoms with Crippen molar-refractivity contribution in [3.05, 3.63) is 5.89 Å². The summed E-state index contributed by atoms with van der Waals surface area (Å²) in [5.41, 5.74) is 0. The van der Waals surface area contributed by atoms with Crippen molar-refractivity contribution < 1.29 is 19.1 Å². The number of nitrogens with one attached hydrogen (secondary N) is 1. The summed E-state index contributed by atoms with van der Waals surface area (Å²) in [6.45, 7) is 6.35. The van der Waals surface area contributed by atoms with Crippen LogP contribution in [-0.4, -0.2) is 51.2 Å². The lowest BCUT2D eigenvalue weighted by Crippen LogP contribution is -2.38. The molecule has 0 radical (unpaired) electrons. The maximum Gasteiger partial charge on any atom is 0.322 e. The number of carboxylic acid groups (broad SMARTS) is 1. The molecular formula is C13H20N4O4. The van der Waals surface area contributed by atoms with Crippen LogP contribution in [0.15, 0.2) is 4.42 Å². The summed E-state index contributed by atoms with van der Waals surface area (Å²) >= 11 is 0. The number of aromatic nitrogens is 2. The lowest BCUT2D eigenvalue weighted by Gasteiger charge is -2.21. The molecule has 2 unspecified atom stereocenters. The predicted octanol–water partition coefficient (Wildman–Crippen LogP) is 0.926. The Hall–Kier alpha value is -1.96. The Labute approximate surface area is 122 Å². The molecule has 2 N–H and O–H groups in total. The maximum absolute atomic E-state index is 11.9. The molecule has 1 fully saturated rings. The average molecular weight is 296 g/mol. The van der Waals surface area contributed by atoms with Gasteiger partial charge < -0.3 is 9.52 Å². The minimum absolute atomic E-state index is 0.0744. The van der Waals surface area contributed by atoms with Gasteiger partial charge in [-0.1, -0.05) is 18.9 Å². The number of aliphatic carboxylic acids is 1. The number of carbonyl (C=O) groups is 2. The molecule has 0 saturated carbocycles. The number of carbonyl (C=O) groups excluding carboxylic acids is 1. The second-order valence-electron chi connectivity index (χ2n) is 5.59. The van der Waals surface area contributed by atoms with E-state index < -0.39 is 11.9 Å². The zero-order chi connectivity index (χ0) is 15.6. The number of nitrogens with zero attached hydrogens (tertiary/aromatic N) is 3. The van der Waals surface area contributed by atoms with E-state index in [1.165, 1.54) is 0 Å². The summed E-state index contributed by atoms with van der Waals surface area (Å²) in [5.74, 6) is -0.964. The van der Waals surface area contributed by atoms with Gasteiger partial charge in [0.05, 0.1) is 12.5 Å². The van der Waals surface area contributed by atoms with Crippen molar-refractivity contribution in [3.63, 3.8) is 0 Å². The second kappa shape index (κ2) is 6.21. The molecule has 21 heavy (non-hydrogen) atoms. The molecule has 1 aliphatic heterocycles. The average Bonchev–Trinajstić information content (AvgIpc) is 2.98. The second-order valence-corrected chi connectivity index (χ2v) is 5.59. The third kappa shape index (κ3) is 3.57. The van der Waals surface area contributed by atoms with Gasteiger partial charge in [0.1, 0.15) is 0 Å². The quantitative estimate of drug-likeness (QED) is 0.831. The van der Waals surface area contributed by atoms with Gasteiger partial charge >= 0.3 is 12.0 Å². The highest BCUT2D eigenvalue weighted by Gasteiger charge is 2.36. The topological polar surface area (TPSA) is 109 Å². The number of rotatable bonds is 5. The van der Waals surface area contributed by atoms with Crippen molar-refractivity contribution in [2.45, 2.75) is 39.2 Å². The van der Waals surface area contributed by atoms with Gasteiger partial charge in [0, 0.05) is 12.0 Å². The smallest absolute Gasteiger partial charge is 0.322 e. The van der Waals surface area contributed by atoms with Crippen LogP contribution in [0.25, 0.3) is 0 Å². The van der Waals surface area contributed by atoms with Gasteiger partial charge in [-0.25, -0.2) is 0 Å². The van der Waals surface area contributed by atoms with Gasteiger partial charge in [-0.15, -0.1) is 5.10 Å². The molecule has 2 atom stereocenters. The molecule has 1 saturated heterocycles. The molecule has 0 bridgehead atoms. The van der Waals surface area contributed by atoms with Gasteiger partial charge in [-0.05, 0) is 19.9 Å². The molecule has 1 aliphatic rings. The SMILES string of the molecule is CC(C)c1nnc(NC(=O)CN2CCC(C(=O)O)C2C)o1. The van der Waals surface area contributed by atoms with Gasteiger partial charge in [0.15, 0.2) is 0 Å². The van der Waals surface area contributed by atoms with Crippen LogP contribution in [0.4, 0.5) is 6.01 Å². The monoisotopic (exact) mass is 296 g/mol. The normalized spacial score (nSPS) is 22.7. The molecule has 8 nitrogen and oxygen atoms in total. The first-order valence-electron chi connectivity index (χ1n) is 6.98. The van der Waals surface area contributed by atoms with E-state index in [2.05, 4.69) is 15.5 Å². The van der Waals surface area contributed by atoms with Crippen molar-refractivity contribution in [2.24, 2.45) is 5.92 Å². The van der Waals surface area contributed by atoms with Crippen LogP contribution in [0.5, 0.6) is 0 Å². The van der Waals surface area contributed by atoms with E-state index in [0.29, 0.717) is 18.9 Å². The fraction of sp³-hybridized carbons (Fsp3) is 0.692. The Morgan fingerprint density at radius 3 is 2.71 bits per heavy atom. The van der Waals surface area contributed by atoms with E-state index in [1.807, 2.05) is 25.7 Å². The third-order valence-electron chi connectivity index (χ3n) is 3.73. The Balaban J connectivity index is 1.88. The summed E-state index contributed by atoms with van der Waals surface area (Å²) < 4.78 is 5.30. The number of hydrogen-bond acceptors (Lipinski definition) is 6. The number of carboxylic acids is 1. The largest absolute Gasteiger partial charge is 0.481 e. The van der Waals surface area contributed by atoms with Crippen LogP contribution in [0.3, 0.4) is 0 Å². The Bertz CT molecular complexity index is 528. The fourth-order valence-corrected chi connectivity index (χ4v) is 2.42. The third-order valence-corrected chi connectivity index (χ3v) is 3.73. The molecule has 116 valence electrons. The van der Waals surface area contributed by atoms with Crippen LogP contribution < -0.4 is 5.32 Å². The van der Waals surface area contributed by atoms with Crippen LogP contribution in [-0.2, 0) is 9.59 Å². The summed E-state index contributed by atoms with van der Waals surface area (Å²) in [6.07, 6.45) is 0.557. The molecule has 2 rings (SSSR count). The predicted molar refractivity (Wildman–Crippen MR) is 73.8 cm³/mol. The molecular weight excluding hydrogens is 276 g/mol. The Morgan fingerprint density at radius 1 is 1.48 bits per heavy atom. The fourth-order valence-electron chi connectivity index (χ4n) is 2.42. The first-order valence-corrected chi connectivity index (χ1v) is 6.98. The Kier molecular flexibility index (Phi) is 4.56. The van der Waals surface area contributed by atoms with Crippen molar-refractivity contribution in [2.75, 3.05) is 18.4 Å². The zero-order valence-electron chi connectivity index (χ0n) is 12.4. The van der Waals surface area contributed by atoms with Gasteiger partial charge in [-0.2, -0.15) is 0 Å². The molecule has 1 aromatic rings. The van der Waals surface area contributed by atoms with E-state index in [1.54, 1.807) is 0 Å². The maximum atomic E-state index is 11.9. The highest BCUT2D eigenvalue weighted by Crippen LogP contribution is 2.24. The highest BCUT2D eigenvalue weighted by atomic mass is 16.4. The zero-order valence-corrected chi connectivity index (χ0v) is 12.4. The Morgan fingerprint density at radius 2 is 2.19 bits per heavy atom. The van der Waals surface area contributed by atoms with Crippen molar-refractivity contribution >= 4 is 17.9 Å². The van der Waals surface area contributed by atoms with Crippen LogP contribution >= 0.6 is 0 Å². The van der Waals surface area contributed by atoms with Gasteiger partial charge in [0.2, 0.25) is 11.8 Å². The molecule has 2 heterocycles. The van der Waals surface area contributed by atoms with Crippen LogP contribution in [0.1, 0.15) is 39.0 Å². The minimum atomic E-state index is -0.816. The number of likely N-dealkylation sites (tertiary alicyclic amines) is 1. The number of hydrogen-bond donors (Lipinski definition) is 2. The van der Waals surface area contributed by atoms with E-state index in [-0.39, 0.29) is 30.4 Å². The van der Waals surface area contributed by atoms with Crippen molar-refractivity contribution in [1.29, 1.82) is 0 Å². The summed E-state index contributed by atoms with van der Waals surface area (Å²) in [6, 6.07) is -0.0903. The minimum Gasteiger partial charge on any atom is -0.481 e. The first kappa shape index (κ1) is 15.4. The summed E-state index contributed by atoms with van der Waals surface area (Å²) in [7, 11) is 0. The summed E-state index contributed by atoms with van der Waals surface area (Å²) in [4.78, 5) is 24.8. The summed E-state index contributed by atoms with van der Waals surface area (Å²) in [5, 5.41) is 19.2. The molecule has 1 aromatic heterocycles. The number of amides is 1. The van der Waals surface area contributed by atoms with Crippen molar-refractivity contribution in [1.82, 2.24) is 15.1 Å². The van der Waals surface area contributed by atoms with E-state index >= 15 is 0 Å². The molecule has 0 aliphatic carbocycles. The van der Waals surface area contributed by atoms with Gasteiger partial charge in [-0.3, -0.25) is 19.8 Å². The lowest BCUT2D eigenvalue weighted by atomic mass is 10.0.